The summed E-state index contributed by atoms with van der Waals surface area (Å²) in [6.07, 6.45) is 0. The van der Waals surface area contributed by atoms with Gasteiger partial charge >= 0.3 is 0 Å². The second-order valence-corrected chi connectivity index (χ2v) is 10.0. The van der Waals surface area contributed by atoms with Gasteiger partial charge in [0.2, 0.25) is 10.0 Å². The van der Waals surface area contributed by atoms with Gasteiger partial charge in [-0.15, -0.1) is 0 Å². The van der Waals surface area contributed by atoms with E-state index in [0.717, 1.165) is 5.56 Å². The van der Waals surface area contributed by atoms with Gasteiger partial charge in [0.25, 0.3) is 5.91 Å². The van der Waals surface area contributed by atoms with Crippen LogP contribution in [0.2, 0.25) is 0 Å². The van der Waals surface area contributed by atoms with E-state index < -0.39 is 10.0 Å². The Hall–Kier alpha value is -2.53. The number of benzene rings is 2. The predicted molar refractivity (Wildman–Crippen MR) is 121 cm³/mol. The highest BCUT2D eigenvalue weighted by molar-refractivity contribution is 7.89. The fraction of sp³-hybridized carbons (Fsp3) is 0.435. The standard InChI is InChI=1S/C23H28FN3O5S/c1-25(17-18-2-4-19(24)5-3-18)23(28)21-16-20(33(29,30)27-10-14-32-15-11-27)6-7-22(21)26-8-12-31-13-9-26/h2-7,16H,8-15,17H2,1H3. The van der Waals surface area contributed by atoms with Gasteiger partial charge in [0.15, 0.2) is 0 Å². The van der Waals surface area contributed by atoms with Gasteiger partial charge in [-0.1, -0.05) is 12.1 Å². The van der Waals surface area contributed by atoms with Crippen molar-refractivity contribution in [2.24, 2.45) is 0 Å². The summed E-state index contributed by atoms with van der Waals surface area (Å²) in [4.78, 5) is 17.1. The summed E-state index contributed by atoms with van der Waals surface area (Å²) in [5.41, 5.74) is 1.77. The van der Waals surface area contributed by atoms with Crippen LogP contribution in [0.15, 0.2) is 47.4 Å². The number of nitrogens with zero attached hydrogens (tertiary/aromatic N) is 3. The van der Waals surface area contributed by atoms with Gasteiger partial charge in [0, 0.05) is 45.5 Å². The van der Waals surface area contributed by atoms with Crippen LogP contribution >= 0.6 is 0 Å². The van der Waals surface area contributed by atoms with Crippen molar-refractivity contribution in [1.82, 2.24) is 9.21 Å². The lowest BCUT2D eigenvalue weighted by Crippen LogP contribution is -2.41. The molecule has 0 unspecified atom stereocenters. The first kappa shape index (κ1) is 23.6. The van der Waals surface area contributed by atoms with Crippen LogP contribution in [0.3, 0.4) is 0 Å². The molecule has 33 heavy (non-hydrogen) atoms. The van der Waals surface area contributed by atoms with Gasteiger partial charge in [0.05, 0.1) is 36.9 Å². The number of carbonyl (C=O) groups excluding carboxylic acids is 1. The Bertz CT molecular complexity index is 1080. The molecule has 0 aromatic heterocycles. The fourth-order valence-corrected chi connectivity index (χ4v) is 5.44. The minimum absolute atomic E-state index is 0.0833. The lowest BCUT2D eigenvalue weighted by molar-refractivity contribution is 0.0730. The summed E-state index contributed by atoms with van der Waals surface area (Å²) in [6.45, 7) is 3.80. The molecule has 2 fully saturated rings. The summed E-state index contributed by atoms with van der Waals surface area (Å²) >= 11 is 0. The Morgan fingerprint density at radius 2 is 1.58 bits per heavy atom. The summed E-state index contributed by atoms with van der Waals surface area (Å²) < 4.78 is 51.8. The highest BCUT2D eigenvalue weighted by Gasteiger charge is 2.29. The van der Waals surface area contributed by atoms with Crippen LogP contribution in [0.25, 0.3) is 0 Å². The van der Waals surface area contributed by atoms with E-state index in [1.807, 2.05) is 4.90 Å². The molecule has 2 aliphatic heterocycles. The van der Waals surface area contributed by atoms with Crippen molar-refractivity contribution in [1.29, 1.82) is 0 Å². The van der Waals surface area contributed by atoms with Gasteiger partial charge in [-0.25, -0.2) is 12.8 Å². The number of ether oxygens (including phenoxy) is 2. The smallest absolute Gasteiger partial charge is 0.256 e. The van der Waals surface area contributed by atoms with Gasteiger partial charge in [-0.3, -0.25) is 4.79 Å². The highest BCUT2D eigenvalue weighted by Crippen LogP contribution is 2.28. The van der Waals surface area contributed by atoms with Crippen LogP contribution in [-0.2, 0) is 26.0 Å². The number of anilines is 1. The second kappa shape index (κ2) is 10.2. The molecule has 2 aliphatic rings. The molecule has 10 heteroatoms. The molecule has 0 radical (unpaired) electrons. The second-order valence-electron chi connectivity index (χ2n) is 8.08. The topological polar surface area (TPSA) is 79.4 Å². The Kier molecular flexibility index (Phi) is 7.28. The van der Waals surface area contributed by atoms with E-state index in [4.69, 9.17) is 9.47 Å². The van der Waals surface area contributed by atoms with Crippen molar-refractivity contribution in [2.45, 2.75) is 11.4 Å². The van der Waals surface area contributed by atoms with E-state index in [9.17, 15) is 17.6 Å². The minimum atomic E-state index is -3.76. The normalized spacial score (nSPS) is 17.7. The van der Waals surface area contributed by atoms with Crippen molar-refractivity contribution in [3.05, 3.63) is 59.4 Å². The van der Waals surface area contributed by atoms with Crippen LogP contribution in [0, 0.1) is 5.82 Å². The van der Waals surface area contributed by atoms with Crippen molar-refractivity contribution in [3.63, 3.8) is 0 Å². The summed E-state index contributed by atoms with van der Waals surface area (Å²) in [7, 11) is -2.11. The third-order valence-electron chi connectivity index (χ3n) is 5.84. The molecule has 0 atom stereocenters. The Morgan fingerprint density at radius 1 is 0.970 bits per heavy atom. The average molecular weight is 478 g/mol. The highest BCUT2D eigenvalue weighted by atomic mass is 32.2. The summed E-state index contributed by atoms with van der Waals surface area (Å²) in [5.74, 6) is -0.650. The fourth-order valence-electron chi connectivity index (χ4n) is 4.00. The van der Waals surface area contributed by atoms with E-state index in [1.54, 1.807) is 31.3 Å². The number of hydrogen-bond acceptors (Lipinski definition) is 6. The van der Waals surface area contributed by atoms with Crippen LogP contribution in [0.4, 0.5) is 10.1 Å². The van der Waals surface area contributed by atoms with E-state index in [1.165, 1.54) is 27.4 Å². The number of rotatable bonds is 6. The molecule has 0 N–H and O–H groups in total. The van der Waals surface area contributed by atoms with Crippen LogP contribution in [0.5, 0.6) is 0 Å². The molecular weight excluding hydrogens is 449 g/mol. The molecular formula is C23H28FN3O5S. The number of halogens is 1. The number of morpholine rings is 2. The van der Waals surface area contributed by atoms with Crippen molar-refractivity contribution < 1.29 is 27.1 Å². The quantitative estimate of drug-likeness (QED) is 0.633. The molecule has 8 nitrogen and oxygen atoms in total. The lowest BCUT2D eigenvalue weighted by Gasteiger charge is -2.32. The zero-order chi connectivity index (χ0) is 23.4. The maximum Gasteiger partial charge on any atom is 0.256 e. The van der Waals surface area contributed by atoms with Crippen LogP contribution in [0.1, 0.15) is 15.9 Å². The lowest BCUT2D eigenvalue weighted by atomic mass is 10.1. The molecule has 0 saturated carbocycles. The molecule has 4 rings (SSSR count). The third kappa shape index (κ3) is 5.35. The summed E-state index contributed by atoms with van der Waals surface area (Å²) in [6, 6.07) is 10.7. The van der Waals surface area contributed by atoms with Crippen molar-refractivity contribution >= 4 is 21.6 Å². The first-order chi connectivity index (χ1) is 15.9. The van der Waals surface area contributed by atoms with Crippen molar-refractivity contribution in [2.75, 3.05) is 64.6 Å². The third-order valence-corrected chi connectivity index (χ3v) is 7.73. The maximum absolute atomic E-state index is 13.5. The number of carbonyl (C=O) groups is 1. The monoisotopic (exact) mass is 477 g/mol. The minimum Gasteiger partial charge on any atom is -0.379 e. The molecule has 0 aliphatic carbocycles. The number of hydrogen-bond donors (Lipinski definition) is 0. The molecule has 2 aromatic rings. The van der Waals surface area contributed by atoms with E-state index in [-0.39, 0.29) is 36.3 Å². The largest absolute Gasteiger partial charge is 0.379 e. The predicted octanol–water partition coefficient (Wildman–Crippen LogP) is 1.96. The zero-order valence-electron chi connectivity index (χ0n) is 18.6. The Labute approximate surface area is 193 Å². The van der Waals surface area contributed by atoms with Gasteiger partial charge < -0.3 is 19.3 Å². The first-order valence-corrected chi connectivity index (χ1v) is 12.3. The molecule has 1 amide bonds. The van der Waals surface area contributed by atoms with Gasteiger partial charge in [0.1, 0.15) is 5.82 Å². The molecule has 0 bridgehead atoms. The average Bonchev–Trinajstić information content (AvgIpc) is 2.85. The van der Waals surface area contributed by atoms with E-state index in [2.05, 4.69) is 0 Å². The molecule has 178 valence electrons. The van der Waals surface area contributed by atoms with E-state index >= 15 is 0 Å². The molecule has 2 saturated heterocycles. The number of amides is 1. The SMILES string of the molecule is CN(Cc1ccc(F)cc1)C(=O)c1cc(S(=O)(=O)N2CCOCC2)ccc1N1CCOCC1. The van der Waals surface area contributed by atoms with Gasteiger partial charge in [-0.05, 0) is 35.9 Å². The molecule has 2 aromatic carbocycles. The van der Waals surface area contributed by atoms with Crippen LogP contribution < -0.4 is 4.90 Å². The zero-order valence-corrected chi connectivity index (χ0v) is 19.4. The molecule has 0 spiro atoms. The van der Waals surface area contributed by atoms with Gasteiger partial charge in [-0.2, -0.15) is 4.31 Å². The number of sulfonamides is 1. The summed E-state index contributed by atoms with van der Waals surface area (Å²) in [5, 5.41) is 0. The Morgan fingerprint density at radius 3 is 2.21 bits per heavy atom. The molecule has 2 heterocycles. The first-order valence-electron chi connectivity index (χ1n) is 10.9. The van der Waals surface area contributed by atoms with E-state index in [0.29, 0.717) is 50.8 Å². The van der Waals surface area contributed by atoms with Crippen LogP contribution in [-0.4, -0.2) is 83.2 Å². The van der Waals surface area contributed by atoms with Crippen molar-refractivity contribution in [3.8, 4) is 0 Å². The maximum atomic E-state index is 13.5. The Balaban J connectivity index is 1.67.